The van der Waals surface area contributed by atoms with Crippen LogP contribution in [0.15, 0.2) is 53.3 Å². The van der Waals surface area contributed by atoms with Gasteiger partial charge in [-0.15, -0.1) is 0 Å². The normalized spacial score (nSPS) is 16.6. The first-order chi connectivity index (χ1) is 14.4. The molecule has 3 aromatic rings. The molecule has 1 aliphatic heterocycles. The van der Waals surface area contributed by atoms with E-state index in [1.54, 1.807) is 11.6 Å². The van der Waals surface area contributed by atoms with E-state index in [4.69, 9.17) is 0 Å². The molecule has 0 aliphatic carbocycles. The Kier molecular flexibility index (Phi) is 5.48. The quantitative estimate of drug-likeness (QED) is 0.662. The molecule has 0 bridgehead atoms. The van der Waals surface area contributed by atoms with E-state index < -0.39 is 17.5 Å². The van der Waals surface area contributed by atoms with Crippen LogP contribution in [0.5, 0.6) is 0 Å². The van der Waals surface area contributed by atoms with Crippen LogP contribution in [0.3, 0.4) is 0 Å². The second-order valence-electron chi connectivity index (χ2n) is 7.55. The summed E-state index contributed by atoms with van der Waals surface area (Å²) in [5, 5.41) is 4.42. The average molecular weight is 412 g/mol. The Morgan fingerprint density at radius 2 is 1.93 bits per heavy atom. The minimum Gasteiger partial charge on any atom is -0.338 e. The van der Waals surface area contributed by atoms with Crippen LogP contribution in [0.1, 0.15) is 40.5 Å². The van der Waals surface area contributed by atoms with Crippen molar-refractivity contribution in [2.45, 2.75) is 25.3 Å². The van der Waals surface area contributed by atoms with Crippen molar-refractivity contribution < 1.29 is 13.6 Å². The van der Waals surface area contributed by atoms with Crippen molar-refractivity contribution in [1.82, 2.24) is 19.2 Å². The van der Waals surface area contributed by atoms with E-state index in [0.29, 0.717) is 31.9 Å². The molecule has 2 heterocycles. The molecule has 4 rings (SSSR count). The van der Waals surface area contributed by atoms with Crippen LogP contribution >= 0.6 is 0 Å². The van der Waals surface area contributed by atoms with Gasteiger partial charge in [0.2, 0.25) is 0 Å². The molecule has 30 heavy (non-hydrogen) atoms. The third-order valence-corrected chi connectivity index (χ3v) is 5.45. The predicted octanol–water partition coefficient (Wildman–Crippen LogP) is 2.93. The fourth-order valence-electron chi connectivity index (χ4n) is 3.94. The number of carbonyl (C=O) groups excluding carboxylic acids is 1. The lowest BCUT2D eigenvalue weighted by Crippen LogP contribution is -2.40. The van der Waals surface area contributed by atoms with Crippen molar-refractivity contribution in [3.63, 3.8) is 0 Å². The lowest BCUT2D eigenvalue weighted by atomic mass is 9.96. The first kappa shape index (κ1) is 20.0. The Hall–Kier alpha value is -3.29. The van der Waals surface area contributed by atoms with E-state index in [-0.39, 0.29) is 17.2 Å². The minimum atomic E-state index is -0.748. The highest BCUT2D eigenvalue weighted by atomic mass is 19.1. The van der Waals surface area contributed by atoms with Gasteiger partial charge < -0.3 is 4.90 Å². The van der Waals surface area contributed by atoms with Gasteiger partial charge in [-0.25, -0.2) is 18.3 Å². The van der Waals surface area contributed by atoms with E-state index in [1.165, 1.54) is 9.58 Å². The second kappa shape index (κ2) is 8.22. The minimum absolute atomic E-state index is 0.170. The Bertz CT molecular complexity index is 1120. The molecule has 1 saturated heterocycles. The van der Waals surface area contributed by atoms with E-state index in [1.807, 2.05) is 30.3 Å². The molecule has 1 aromatic heterocycles. The van der Waals surface area contributed by atoms with Crippen molar-refractivity contribution in [2.24, 2.45) is 7.05 Å². The highest BCUT2D eigenvalue weighted by molar-refractivity contribution is 5.94. The molecule has 1 fully saturated rings. The smallest absolute Gasteiger partial charge is 0.338 e. The fourth-order valence-corrected chi connectivity index (χ4v) is 3.94. The summed E-state index contributed by atoms with van der Waals surface area (Å²) in [4.78, 5) is 27.0. The lowest BCUT2D eigenvalue weighted by molar-refractivity contribution is 0.0698. The third kappa shape index (κ3) is 3.90. The first-order valence-electron chi connectivity index (χ1n) is 9.86. The largest absolute Gasteiger partial charge is 0.345 e. The monoisotopic (exact) mass is 412 g/mol. The Labute approximate surface area is 172 Å². The number of halogens is 2. The van der Waals surface area contributed by atoms with Gasteiger partial charge in [-0.1, -0.05) is 30.3 Å². The van der Waals surface area contributed by atoms with Crippen LogP contribution in [0.4, 0.5) is 8.78 Å². The summed E-state index contributed by atoms with van der Waals surface area (Å²) in [6.45, 7) is 1.12. The van der Waals surface area contributed by atoms with Gasteiger partial charge in [0, 0.05) is 26.1 Å². The van der Waals surface area contributed by atoms with Crippen LogP contribution < -0.4 is 5.69 Å². The predicted molar refractivity (Wildman–Crippen MR) is 107 cm³/mol. The fraction of sp³-hybridized carbons (Fsp3) is 0.318. The number of rotatable bonds is 4. The number of amides is 1. The van der Waals surface area contributed by atoms with Crippen LogP contribution in [0.25, 0.3) is 0 Å². The summed E-state index contributed by atoms with van der Waals surface area (Å²) in [6, 6.07) is 12.5. The van der Waals surface area contributed by atoms with Gasteiger partial charge in [0.1, 0.15) is 17.5 Å². The molecular weight excluding hydrogens is 390 g/mol. The zero-order chi connectivity index (χ0) is 21.3. The van der Waals surface area contributed by atoms with Crippen molar-refractivity contribution >= 4 is 5.91 Å². The summed E-state index contributed by atoms with van der Waals surface area (Å²) in [5.41, 5.74) is 0.464. The summed E-state index contributed by atoms with van der Waals surface area (Å²) in [6.07, 6.45) is 1.43. The number of nitrogens with zero attached hydrogens (tertiary/aromatic N) is 4. The topological polar surface area (TPSA) is 60.1 Å². The zero-order valence-corrected chi connectivity index (χ0v) is 16.6. The molecule has 0 spiro atoms. The van der Waals surface area contributed by atoms with Crippen molar-refractivity contribution in [2.75, 3.05) is 13.1 Å². The molecule has 1 aliphatic rings. The molecule has 0 radical (unpaired) electrons. The Morgan fingerprint density at radius 3 is 2.70 bits per heavy atom. The van der Waals surface area contributed by atoms with E-state index in [9.17, 15) is 18.4 Å². The van der Waals surface area contributed by atoms with E-state index in [2.05, 4.69) is 5.10 Å². The number of hydrogen-bond donors (Lipinski definition) is 0. The Balaban J connectivity index is 1.61. The number of likely N-dealkylation sites (tertiary alicyclic amines) is 1. The zero-order valence-electron chi connectivity index (χ0n) is 16.6. The van der Waals surface area contributed by atoms with Gasteiger partial charge in [-0.2, -0.15) is 5.10 Å². The molecule has 2 aromatic carbocycles. The number of carbonyl (C=O) groups is 1. The molecule has 1 atom stereocenters. The van der Waals surface area contributed by atoms with Gasteiger partial charge in [-0.05, 0) is 36.6 Å². The van der Waals surface area contributed by atoms with Crippen molar-refractivity contribution in [3.8, 4) is 0 Å². The van der Waals surface area contributed by atoms with Crippen LogP contribution in [0, 0.1) is 11.6 Å². The lowest BCUT2D eigenvalue weighted by Gasteiger charge is -2.32. The highest BCUT2D eigenvalue weighted by Crippen LogP contribution is 2.27. The van der Waals surface area contributed by atoms with Crippen LogP contribution in [-0.4, -0.2) is 38.2 Å². The molecule has 156 valence electrons. The van der Waals surface area contributed by atoms with Gasteiger partial charge in [0.05, 0.1) is 12.1 Å². The molecule has 1 unspecified atom stereocenters. The summed E-state index contributed by atoms with van der Waals surface area (Å²) in [7, 11) is 1.60. The number of hydrogen-bond acceptors (Lipinski definition) is 3. The summed E-state index contributed by atoms with van der Waals surface area (Å²) >= 11 is 0. The van der Waals surface area contributed by atoms with Crippen molar-refractivity contribution in [1.29, 1.82) is 0 Å². The SMILES string of the molecule is Cn1nc(C2CCCN(C(=O)c3cc(F)ccc3F)C2)n(Cc2ccccc2)c1=O. The first-order valence-corrected chi connectivity index (χ1v) is 9.86. The number of aromatic nitrogens is 3. The van der Waals surface area contributed by atoms with Gasteiger partial charge in [0.25, 0.3) is 5.91 Å². The van der Waals surface area contributed by atoms with Crippen molar-refractivity contribution in [3.05, 3.63) is 87.6 Å². The maximum absolute atomic E-state index is 14.1. The third-order valence-electron chi connectivity index (χ3n) is 5.45. The molecule has 0 N–H and O–H groups in total. The number of piperidine rings is 1. The van der Waals surface area contributed by atoms with E-state index in [0.717, 1.165) is 30.2 Å². The number of benzene rings is 2. The van der Waals surface area contributed by atoms with Gasteiger partial charge in [-0.3, -0.25) is 9.36 Å². The second-order valence-corrected chi connectivity index (χ2v) is 7.55. The maximum atomic E-state index is 14.1. The van der Waals surface area contributed by atoms with Crippen LogP contribution in [0.2, 0.25) is 0 Å². The standard InChI is InChI=1S/C22H22F2N4O2/c1-26-22(30)28(13-15-6-3-2-4-7-15)20(25-26)16-8-5-11-27(14-16)21(29)18-12-17(23)9-10-19(18)24/h2-4,6-7,9-10,12,16H,5,8,11,13-14H2,1H3. The molecule has 0 saturated carbocycles. The molecule has 6 nitrogen and oxygen atoms in total. The average Bonchev–Trinajstić information content (AvgIpc) is 3.04. The highest BCUT2D eigenvalue weighted by Gasteiger charge is 2.30. The maximum Gasteiger partial charge on any atom is 0.345 e. The summed E-state index contributed by atoms with van der Waals surface area (Å²) < 4.78 is 30.5. The van der Waals surface area contributed by atoms with Gasteiger partial charge in [0.15, 0.2) is 0 Å². The van der Waals surface area contributed by atoms with Gasteiger partial charge >= 0.3 is 5.69 Å². The molecular formula is C22H22F2N4O2. The van der Waals surface area contributed by atoms with Crippen LogP contribution in [-0.2, 0) is 13.6 Å². The Morgan fingerprint density at radius 1 is 1.17 bits per heavy atom. The molecule has 8 heteroatoms. The van der Waals surface area contributed by atoms with E-state index >= 15 is 0 Å². The summed E-state index contributed by atoms with van der Waals surface area (Å²) in [5.74, 6) is -1.53. The number of aryl methyl sites for hydroxylation is 1. The molecule has 1 amide bonds.